The van der Waals surface area contributed by atoms with E-state index in [1.165, 1.54) is 5.56 Å². The Morgan fingerprint density at radius 3 is 2.36 bits per heavy atom. The number of benzene rings is 1. The van der Waals surface area contributed by atoms with E-state index in [1.807, 2.05) is 38.4 Å². The topological polar surface area (TPSA) is 45.2 Å². The molecule has 116 valence electrons. The van der Waals surface area contributed by atoms with Crippen LogP contribution >= 0.6 is 23.2 Å². The highest BCUT2D eigenvalue weighted by atomic mass is 35.5. The first-order valence-corrected chi connectivity index (χ1v) is 7.54. The van der Waals surface area contributed by atoms with Crippen LogP contribution in [0.4, 0.5) is 0 Å². The van der Waals surface area contributed by atoms with Gasteiger partial charge in [0.1, 0.15) is 10.8 Å². The van der Waals surface area contributed by atoms with Crippen LogP contribution < -0.4 is 5.32 Å². The molecule has 1 aromatic carbocycles. The molecule has 6 heteroatoms. The molecule has 4 nitrogen and oxygen atoms in total. The smallest absolute Gasteiger partial charge is 0.271 e. The molecule has 0 saturated carbocycles. The van der Waals surface area contributed by atoms with Gasteiger partial charge < -0.3 is 10.2 Å². The number of nitrogens with one attached hydrogen (secondary N) is 1. The van der Waals surface area contributed by atoms with E-state index in [-0.39, 0.29) is 21.8 Å². The fraction of sp³-hybridized carbons (Fsp3) is 0.250. The SMILES string of the molecule is CN(C)Cc1ccc(CNC(=O)c2nc(Cl)ccc2Cl)cc1. The van der Waals surface area contributed by atoms with Crippen LogP contribution in [0, 0.1) is 0 Å². The lowest BCUT2D eigenvalue weighted by Gasteiger charge is -2.10. The fourth-order valence-corrected chi connectivity index (χ4v) is 2.31. The Bertz CT molecular complexity index is 657. The van der Waals surface area contributed by atoms with Gasteiger partial charge in [-0.3, -0.25) is 4.79 Å². The number of carbonyl (C=O) groups excluding carboxylic acids is 1. The zero-order chi connectivity index (χ0) is 16.1. The van der Waals surface area contributed by atoms with Crippen LogP contribution in [0.15, 0.2) is 36.4 Å². The molecule has 1 amide bonds. The number of aromatic nitrogens is 1. The lowest BCUT2D eigenvalue weighted by atomic mass is 10.1. The van der Waals surface area contributed by atoms with E-state index in [9.17, 15) is 4.79 Å². The molecule has 0 aliphatic carbocycles. The van der Waals surface area contributed by atoms with Crippen molar-refractivity contribution >= 4 is 29.1 Å². The molecule has 0 spiro atoms. The fourth-order valence-electron chi connectivity index (χ4n) is 1.97. The van der Waals surface area contributed by atoms with Gasteiger partial charge in [0.25, 0.3) is 5.91 Å². The minimum absolute atomic E-state index is 0.137. The summed E-state index contributed by atoms with van der Waals surface area (Å²) in [6, 6.07) is 11.2. The van der Waals surface area contributed by atoms with Crippen LogP contribution in [0.2, 0.25) is 10.2 Å². The Morgan fingerprint density at radius 1 is 1.09 bits per heavy atom. The van der Waals surface area contributed by atoms with Crippen molar-refractivity contribution in [1.29, 1.82) is 0 Å². The molecule has 1 heterocycles. The van der Waals surface area contributed by atoms with Gasteiger partial charge in [-0.2, -0.15) is 0 Å². The van der Waals surface area contributed by atoms with E-state index < -0.39 is 0 Å². The van der Waals surface area contributed by atoms with Gasteiger partial charge >= 0.3 is 0 Å². The van der Waals surface area contributed by atoms with Crippen molar-refractivity contribution in [3.8, 4) is 0 Å². The summed E-state index contributed by atoms with van der Waals surface area (Å²) in [5.41, 5.74) is 2.37. The first kappa shape index (κ1) is 16.7. The third-order valence-corrected chi connectivity index (χ3v) is 3.52. The predicted octanol–water partition coefficient (Wildman–Crippen LogP) is 3.38. The van der Waals surface area contributed by atoms with Gasteiger partial charge in [-0.05, 0) is 37.4 Å². The molecule has 0 bridgehead atoms. The van der Waals surface area contributed by atoms with E-state index in [0.717, 1.165) is 12.1 Å². The molecule has 1 N–H and O–H groups in total. The molecule has 0 atom stereocenters. The molecule has 1 aromatic heterocycles. The molecule has 0 aliphatic heterocycles. The average Bonchev–Trinajstić information content (AvgIpc) is 2.48. The summed E-state index contributed by atoms with van der Waals surface area (Å²) in [5, 5.41) is 3.31. The van der Waals surface area contributed by atoms with Gasteiger partial charge in [0, 0.05) is 13.1 Å². The number of nitrogens with zero attached hydrogens (tertiary/aromatic N) is 2. The first-order chi connectivity index (χ1) is 10.5. The zero-order valence-corrected chi connectivity index (χ0v) is 13.9. The average molecular weight is 338 g/mol. The maximum absolute atomic E-state index is 12.1. The lowest BCUT2D eigenvalue weighted by molar-refractivity contribution is 0.0946. The maximum atomic E-state index is 12.1. The van der Waals surface area contributed by atoms with Gasteiger partial charge in [0.05, 0.1) is 5.02 Å². The molecular weight excluding hydrogens is 321 g/mol. The van der Waals surface area contributed by atoms with E-state index in [0.29, 0.717) is 6.54 Å². The van der Waals surface area contributed by atoms with Gasteiger partial charge in [0.15, 0.2) is 0 Å². The Hall–Kier alpha value is -1.62. The molecule has 0 aliphatic rings. The highest BCUT2D eigenvalue weighted by molar-refractivity contribution is 6.34. The van der Waals surface area contributed by atoms with Crippen molar-refractivity contribution in [2.24, 2.45) is 0 Å². The molecule has 2 aromatic rings. The highest BCUT2D eigenvalue weighted by Crippen LogP contribution is 2.16. The first-order valence-electron chi connectivity index (χ1n) is 6.78. The quantitative estimate of drug-likeness (QED) is 0.850. The van der Waals surface area contributed by atoms with Crippen LogP contribution in [0.5, 0.6) is 0 Å². The van der Waals surface area contributed by atoms with Gasteiger partial charge in [-0.1, -0.05) is 47.5 Å². The van der Waals surface area contributed by atoms with Crippen molar-refractivity contribution in [3.05, 3.63) is 63.4 Å². The number of hydrogen-bond acceptors (Lipinski definition) is 3. The van der Waals surface area contributed by atoms with Crippen LogP contribution in [-0.4, -0.2) is 29.9 Å². The second-order valence-electron chi connectivity index (χ2n) is 5.20. The second-order valence-corrected chi connectivity index (χ2v) is 6.00. The number of halogens is 2. The third kappa shape index (κ3) is 4.70. The van der Waals surface area contributed by atoms with Crippen LogP contribution in [0.25, 0.3) is 0 Å². The monoisotopic (exact) mass is 337 g/mol. The molecule has 0 fully saturated rings. The molecule has 22 heavy (non-hydrogen) atoms. The van der Waals surface area contributed by atoms with E-state index >= 15 is 0 Å². The van der Waals surface area contributed by atoms with Gasteiger partial charge in [-0.15, -0.1) is 0 Å². The Kier molecular flexibility index (Phi) is 5.77. The Labute approximate surface area is 140 Å². The summed E-state index contributed by atoms with van der Waals surface area (Å²) in [4.78, 5) is 18.1. The Balaban J connectivity index is 1.97. The summed E-state index contributed by atoms with van der Waals surface area (Å²) in [6.45, 7) is 1.29. The molecule has 0 radical (unpaired) electrons. The molecule has 2 rings (SSSR count). The number of amides is 1. The van der Waals surface area contributed by atoms with E-state index in [4.69, 9.17) is 23.2 Å². The van der Waals surface area contributed by atoms with Crippen molar-refractivity contribution < 1.29 is 4.79 Å². The normalized spacial score (nSPS) is 10.8. The number of rotatable bonds is 5. The van der Waals surface area contributed by atoms with Gasteiger partial charge in [-0.25, -0.2) is 4.98 Å². The van der Waals surface area contributed by atoms with Crippen LogP contribution in [-0.2, 0) is 13.1 Å². The summed E-state index contributed by atoms with van der Waals surface area (Å²) in [5.74, 6) is -0.343. The maximum Gasteiger partial charge on any atom is 0.271 e. The summed E-state index contributed by atoms with van der Waals surface area (Å²) >= 11 is 11.7. The van der Waals surface area contributed by atoms with Crippen molar-refractivity contribution in [2.75, 3.05) is 14.1 Å². The minimum atomic E-state index is -0.343. The number of carbonyl (C=O) groups is 1. The highest BCUT2D eigenvalue weighted by Gasteiger charge is 2.12. The lowest BCUT2D eigenvalue weighted by Crippen LogP contribution is -2.24. The third-order valence-electron chi connectivity index (χ3n) is 3.00. The largest absolute Gasteiger partial charge is 0.347 e. The molecule has 0 saturated heterocycles. The number of hydrogen-bond donors (Lipinski definition) is 1. The predicted molar refractivity (Wildman–Crippen MR) is 89.3 cm³/mol. The summed E-state index contributed by atoms with van der Waals surface area (Å²) in [7, 11) is 4.05. The van der Waals surface area contributed by atoms with Crippen molar-refractivity contribution in [2.45, 2.75) is 13.1 Å². The zero-order valence-electron chi connectivity index (χ0n) is 12.4. The number of pyridine rings is 1. The molecular formula is C16H17Cl2N3O. The minimum Gasteiger partial charge on any atom is -0.347 e. The summed E-state index contributed by atoms with van der Waals surface area (Å²) < 4.78 is 0. The van der Waals surface area contributed by atoms with E-state index in [2.05, 4.69) is 15.2 Å². The standard InChI is InChI=1S/C16H17Cl2N3O/c1-21(2)10-12-5-3-11(4-6-12)9-19-16(22)15-13(17)7-8-14(18)20-15/h3-8H,9-10H2,1-2H3,(H,19,22). The second kappa shape index (κ2) is 7.58. The summed E-state index contributed by atoms with van der Waals surface area (Å²) in [6.07, 6.45) is 0. The van der Waals surface area contributed by atoms with Crippen LogP contribution in [0.1, 0.15) is 21.6 Å². The Morgan fingerprint density at radius 2 is 1.73 bits per heavy atom. The van der Waals surface area contributed by atoms with Crippen molar-refractivity contribution in [1.82, 2.24) is 15.2 Å². The van der Waals surface area contributed by atoms with E-state index in [1.54, 1.807) is 12.1 Å². The van der Waals surface area contributed by atoms with Crippen molar-refractivity contribution in [3.63, 3.8) is 0 Å². The molecule has 0 unspecified atom stereocenters. The van der Waals surface area contributed by atoms with Crippen LogP contribution in [0.3, 0.4) is 0 Å². The van der Waals surface area contributed by atoms with Gasteiger partial charge in [0.2, 0.25) is 0 Å².